The monoisotopic (exact) mass is 345 g/mol. The van der Waals surface area contributed by atoms with Gasteiger partial charge in [-0.15, -0.1) is 0 Å². The van der Waals surface area contributed by atoms with Gasteiger partial charge >= 0.3 is 0 Å². The summed E-state index contributed by atoms with van der Waals surface area (Å²) in [6, 6.07) is 10.9. The van der Waals surface area contributed by atoms with E-state index in [1.807, 2.05) is 0 Å². The number of piperidine rings is 2. The van der Waals surface area contributed by atoms with Gasteiger partial charge in [0.2, 0.25) is 0 Å². The molecule has 1 aromatic carbocycles. The number of rotatable bonds is 6. The van der Waals surface area contributed by atoms with Crippen molar-refractivity contribution in [2.24, 2.45) is 0 Å². The number of methoxy groups -OCH3 is 1. The van der Waals surface area contributed by atoms with E-state index >= 15 is 0 Å². The van der Waals surface area contributed by atoms with Crippen LogP contribution in [0.4, 0.5) is 0 Å². The van der Waals surface area contributed by atoms with Crippen LogP contribution in [0.25, 0.3) is 0 Å². The molecule has 2 saturated heterocycles. The summed E-state index contributed by atoms with van der Waals surface area (Å²) in [6.07, 6.45) is 4.66. The fourth-order valence-corrected chi connectivity index (χ4v) is 3.90. The minimum atomic E-state index is -0.629. The molecule has 0 aromatic heterocycles. The molecule has 2 aliphatic rings. The van der Waals surface area contributed by atoms with E-state index in [2.05, 4.69) is 45.9 Å². The van der Waals surface area contributed by atoms with E-state index < -0.39 is 5.60 Å². The Kier molecular flexibility index (Phi) is 6.45. The molecule has 0 bridgehead atoms. The number of amides is 1. The maximum absolute atomic E-state index is 12.7. The minimum Gasteiger partial charge on any atom is -0.368 e. The Balaban J connectivity index is 1.42. The Labute approximate surface area is 151 Å². The molecule has 0 radical (unpaired) electrons. The average Bonchev–Trinajstić information content (AvgIpc) is 2.68. The standard InChI is InChI=1S/C20H31N3O2/c1-25-20(10-12-21-13-11-20)19(24)22-18-8-15-23(16-9-18)14-7-17-5-3-2-4-6-17/h2-6,18,21H,7-16H2,1H3,(H,22,24). The molecule has 0 atom stereocenters. The van der Waals surface area contributed by atoms with Crippen molar-refractivity contribution in [1.82, 2.24) is 15.5 Å². The SMILES string of the molecule is COC1(C(=O)NC2CCN(CCc3ccccc3)CC2)CCNCC1. The summed E-state index contributed by atoms with van der Waals surface area (Å²) in [4.78, 5) is 15.2. The molecule has 5 nitrogen and oxygen atoms in total. The maximum atomic E-state index is 12.7. The molecular weight excluding hydrogens is 314 g/mol. The van der Waals surface area contributed by atoms with E-state index in [0.717, 1.165) is 64.8 Å². The Morgan fingerprint density at radius 1 is 1.24 bits per heavy atom. The first-order valence-electron chi connectivity index (χ1n) is 9.55. The van der Waals surface area contributed by atoms with Gasteiger partial charge in [0, 0.05) is 32.8 Å². The van der Waals surface area contributed by atoms with Gasteiger partial charge in [0.25, 0.3) is 5.91 Å². The molecule has 0 unspecified atom stereocenters. The predicted octanol–water partition coefficient (Wildman–Crippen LogP) is 1.58. The average molecular weight is 345 g/mol. The lowest BCUT2D eigenvalue weighted by atomic mass is 9.90. The fourth-order valence-electron chi connectivity index (χ4n) is 3.90. The number of hydrogen-bond donors (Lipinski definition) is 2. The van der Waals surface area contributed by atoms with Gasteiger partial charge in [0.05, 0.1) is 0 Å². The van der Waals surface area contributed by atoms with E-state index in [1.165, 1.54) is 5.56 Å². The lowest BCUT2D eigenvalue weighted by molar-refractivity contribution is -0.147. The zero-order valence-corrected chi connectivity index (χ0v) is 15.3. The molecule has 2 aliphatic heterocycles. The van der Waals surface area contributed by atoms with E-state index in [4.69, 9.17) is 4.74 Å². The second-order valence-electron chi connectivity index (χ2n) is 7.27. The molecule has 3 rings (SSSR count). The van der Waals surface area contributed by atoms with Crippen molar-refractivity contribution in [1.29, 1.82) is 0 Å². The second-order valence-corrected chi connectivity index (χ2v) is 7.27. The summed E-state index contributed by atoms with van der Waals surface area (Å²) in [5.74, 6) is 0.0826. The molecule has 5 heteroatoms. The van der Waals surface area contributed by atoms with Crippen LogP contribution < -0.4 is 10.6 Å². The Morgan fingerprint density at radius 3 is 2.56 bits per heavy atom. The van der Waals surface area contributed by atoms with Gasteiger partial charge in [-0.25, -0.2) is 0 Å². The van der Waals surface area contributed by atoms with Gasteiger partial charge in [0.1, 0.15) is 5.60 Å². The van der Waals surface area contributed by atoms with Crippen molar-refractivity contribution in [2.45, 2.75) is 43.7 Å². The molecule has 1 aromatic rings. The van der Waals surface area contributed by atoms with E-state index in [9.17, 15) is 4.79 Å². The molecule has 0 saturated carbocycles. The molecule has 0 spiro atoms. The molecule has 2 fully saturated rings. The summed E-state index contributed by atoms with van der Waals surface area (Å²) in [5, 5.41) is 6.56. The van der Waals surface area contributed by atoms with E-state index in [0.29, 0.717) is 0 Å². The van der Waals surface area contributed by atoms with Crippen molar-refractivity contribution < 1.29 is 9.53 Å². The van der Waals surface area contributed by atoms with E-state index in [1.54, 1.807) is 7.11 Å². The predicted molar refractivity (Wildman–Crippen MR) is 99.6 cm³/mol. The first-order valence-corrected chi connectivity index (χ1v) is 9.55. The highest BCUT2D eigenvalue weighted by Gasteiger charge is 2.40. The summed E-state index contributed by atoms with van der Waals surface area (Å²) in [5.41, 5.74) is 0.765. The van der Waals surface area contributed by atoms with Crippen molar-refractivity contribution >= 4 is 5.91 Å². The molecule has 0 aliphatic carbocycles. The molecule has 2 N–H and O–H groups in total. The van der Waals surface area contributed by atoms with Gasteiger partial charge in [-0.1, -0.05) is 30.3 Å². The largest absolute Gasteiger partial charge is 0.368 e. The number of carbonyl (C=O) groups is 1. The molecule has 138 valence electrons. The van der Waals surface area contributed by atoms with Crippen LogP contribution in [-0.4, -0.2) is 62.3 Å². The highest BCUT2D eigenvalue weighted by atomic mass is 16.5. The molecule has 1 amide bonds. The quantitative estimate of drug-likeness (QED) is 0.822. The van der Waals surface area contributed by atoms with Crippen molar-refractivity contribution in [3.8, 4) is 0 Å². The Morgan fingerprint density at radius 2 is 1.92 bits per heavy atom. The number of hydrogen-bond acceptors (Lipinski definition) is 4. The number of nitrogens with one attached hydrogen (secondary N) is 2. The highest BCUT2D eigenvalue weighted by Crippen LogP contribution is 2.23. The van der Waals surface area contributed by atoms with Crippen LogP contribution in [0.1, 0.15) is 31.2 Å². The van der Waals surface area contributed by atoms with Crippen molar-refractivity contribution in [3.63, 3.8) is 0 Å². The van der Waals surface area contributed by atoms with Crippen molar-refractivity contribution in [3.05, 3.63) is 35.9 Å². The van der Waals surface area contributed by atoms with Gasteiger partial charge in [-0.2, -0.15) is 0 Å². The third-order valence-electron chi connectivity index (χ3n) is 5.70. The topological polar surface area (TPSA) is 53.6 Å². The Bertz CT molecular complexity index is 535. The van der Waals surface area contributed by atoms with Crippen LogP contribution >= 0.6 is 0 Å². The lowest BCUT2D eigenvalue weighted by Crippen LogP contribution is -2.57. The normalized spacial score (nSPS) is 21.8. The molecular formula is C20H31N3O2. The van der Waals surface area contributed by atoms with Gasteiger partial charge in [-0.05, 0) is 50.8 Å². The number of carbonyl (C=O) groups excluding carboxylic acids is 1. The zero-order valence-electron chi connectivity index (χ0n) is 15.3. The summed E-state index contributed by atoms with van der Waals surface area (Å²) < 4.78 is 5.63. The zero-order chi connectivity index (χ0) is 17.5. The number of likely N-dealkylation sites (tertiary alicyclic amines) is 1. The van der Waals surface area contributed by atoms with Gasteiger partial charge in [0.15, 0.2) is 0 Å². The summed E-state index contributed by atoms with van der Waals surface area (Å²) >= 11 is 0. The highest BCUT2D eigenvalue weighted by molar-refractivity contribution is 5.85. The summed E-state index contributed by atoms with van der Waals surface area (Å²) in [6.45, 7) is 4.90. The first-order chi connectivity index (χ1) is 12.2. The van der Waals surface area contributed by atoms with Gasteiger partial charge in [-0.3, -0.25) is 4.79 Å². The minimum absolute atomic E-state index is 0.0826. The number of benzene rings is 1. The van der Waals surface area contributed by atoms with E-state index in [-0.39, 0.29) is 11.9 Å². The third-order valence-corrected chi connectivity index (χ3v) is 5.70. The van der Waals surface area contributed by atoms with Gasteiger partial charge < -0.3 is 20.3 Å². The maximum Gasteiger partial charge on any atom is 0.252 e. The lowest BCUT2D eigenvalue weighted by Gasteiger charge is -2.38. The van der Waals surface area contributed by atoms with Crippen LogP contribution in [0.3, 0.4) is 0 Å². The van der Waals surface area contributed by atoms with Crippen LogP contribution in [0.5, 0.6) is 0 Å². The number of ether oxygens (including phenoxy) is 1. The smallest absolute Gasteiger partial charge is 0.252 e. The fraction of sp³-hybridized carbons (Fsp3) is 0.650. The van der Waals surface area contributed by atoms with Crippen LogP contribution in [0.2, 0.25) is 0 Å². The number of nitrogens with zero attached hydrogens (tertiary/aromatic N) is 1. The van der Waals surface area contributed by atoms with Crippen LogP contribution in [-0.2, 0) is 16.0 Å². The second kappa shape index (κ2) is 8.79. The summed E-state index contributed by atoms with van der Waals surface area (Å²) in [7, 11) is 1.66. The molecule has 25 heavy (non-hydrogen) atoms. The third kappa shape index (κ3) is 4.81. The first kappa shape index (κ1) is 18.4. The molecule has 2 heterocycles. The van der Waals surface area contributed by atoms with Crippen LogP contribution in [0, 0.1) is 0 Å². The van der Waals surface area contributed by atoms with Crippen molar-refractivity contribution in [2.75, 3.05) is 39.8 Å². The Hall–Kier alpha value is -1.43. The van der Waals surface area contributed by atoms with Crippen LogP contribution in [0.15, 0.2) is 30.3 Å².